The van der Waals surface area contributed by atoms with Crippen molar-refractivity contribution in [2.24, 2.45) is 0 Å². The molecule has 1 aliphatic carbocycles. The maximum absolute atomic E-state index is 3.15. The summed E-state index contributed by atoms with van der Waals surface area (Å²) in [4.78, 5) is 0. The second kappa shape index (κ2) is 7.68. The molecule has 0 amide bonds. The van der Waals surface area contributed by atoms with Crippen molar-refractivity contribution in [2.45, 2.75) is 47.0 Å². The summed E-state index contributed by atoms with van der Waals surface area (Å²) >= 11 is 0. The maximum atomic E-state index is 3.15. The lowest BCUT2D eigenvalue weighted by Crippen LogP contribution is -1.77. The summed E-state index contributed by atoms with van der Waals surface area (Å²) in [6.07, 6.45) is 7.54. The van der Waals surface area contributed by atoms with Gasteiger partial charge in [0.1, 0.15) is 0 Å². The summed E-state index contributed by atoms with van der Waals surface area (Å²) in [6, 6.07) is 0. The Morgan fingerprint density at radius 2 is 1.92 bits per heavy atom. The first-order valence-corrected chi connectivity index (χ1v) is 5.25. The van der Waals surface area contributed by atoms with Crippen LogP contribution in [0.15, 0.2) is 23.3 Å². The van der Waals surface area contributed by atoms with E-state index in [4.69, 9.17) is 0 Å². The van der Waals surface area contributed by atoms with Gasteiger partial charge in [0.05, 0.1) is 0 Å². The van der Waals surface area contributed by atoms with E-state index in [1.807, 2.05) is 13.8 Å². The molecule has 0 nitrogen and oxygen atoms in total. The van der Waals surface area contributed by atoms with Crippen molar-refractivity contribution in [3.8, 4) is 11.8 Å². The largest absolute Gasteiger partial charge is 0.0941 e. The molecule has 0 saturated heterocycles. The van der Waals surface area contributed by atoms with Crippen molar-refractivity contribution in [2.75, 3.05) is 0 Å². The summed E-state index contributed by atoms with van der Waals surface area (Å²) < 4.78 is 0. The molecular formula is C13H20. The predicted octanol–water partition coefficient (Wildman–Crippen LogP) is 4.09. The number of rotatable bonds is 2. The van der Waals surface area contributed by atoms with Gasteiger partial charge in [-0.15, -0.1) is 0 Å². The number of hydrogen-bond acceptors (Lipinski definition) is 0. The highest BCUT2D eigenvalue weighted by atomic mass is 14.0. The predicted molar refractivity (Wildman–Crippen MR) is 60.5 cm³/mol. The van der Waals surface area contributed by atoms with Gasteiger partial charge in [-0.05, 0) is 18.9 Å². The van der Waals surface area contributed by atoms with Gasteiger partial charge < -0.3 is 0 Å². The van der Waals surface area contributed by atoms with Crippen LogP contribution in [0, 0.1) is 11.8 Å². The smallest absolute Gasteiger partial charge is 0.0279 e. The van der Waals surface area contributed by atoms with Crippen LogP contribution in [0.3, 0.4) is 0 Å². The normalized spacial score (nSPS) is 13.8. The fraction of sp³-hybridized carbons (Fsp3) is 0.538. The minimum absolute atomic E-state index is 0.920. The molecule has 72 valence electrons. The summed E-state index contributed by atoms with van der Waals surface area (Å²) in [7, 11) is 0. The Balaban J connectivity index is 0.000000671. The van der Waals surface area contributed by atoms with E-state index < -0.39 is 0 Å². The van der Waals surface area contributed by atoms with Crippen molar-refractivity contribution in [3.05, 3.63) is 23.3 Å². The Morgan fingerprint density at radius 1 is 1.23 bits per heavy atom. The molecule has 0 atom stereocenters. The number of allylic oxidation sites excluding steroid dienone is 4. The van der Waals surface area contributed by atoms with Crippen LogP contribution in [0.2, 0.25) is 0 Å². The van der Waals surface area contributed by atoms with Crippen molar-refractivity contribution >= 4 is 0 Å². The van der Waals surface area contributed by atoms with Crippen molar-refractivity contribution in [1.82, 2.24) is 0 Å². The van der Waals surface area contributed by atoms with Gasteiger partial charge in [0.2, 0.25) is 0 Å². The Hall–Kier alpha value is -0.960. The van der Waals surface area contributed by atoms with E-state index in [2.05, 4.69) is 37.8 Å². The third kappa shape index (κ3) is 4.58. The van der Waals surface area contributed by atoms with Crippen LogP contribution >= 0.6 is 0 Å². The fourth-order valence-corrected chi connectivity index (χ4v) is 1.10. The van der Waals surface area contributed by atoms with Crippen LogP contribution in [0.1, 0.15) is 47.0 Å². The molecule has 0 bridgehead atoms. The SMILES string of the molecule is CC.CCC1=CC(CC)=CCC#C1. The molecule has 0 radical (unpaired) electrons. The third-order valence-electron chi connectivity index (χ3n) is 1.86. The molecule has 0 saturated carbocycles. The quantitative estimate of drug-likeness (QED) is 0.556. The Labute approximate surface area is 82.7 Å². The molecule has 0 spiro atoms. The van der Waals surface area contributed by atoms with Gasteiger partial charge in [0, 0.05) is 12.0 Å². The Bertz CT molecular complexity index is 243. The van der Waals surface area contributed by atoms with E-state index in [-0.39, 0.29) is 0 Å². The van der Waals surface area contributed by atoms with Gasteiger partial charge in [0.25, 0.3) is 0 Å². The van der Waals surface area contributed by atoms with Gasteiger partial charge in [0.15, 0.2) is 0 Å². The molecule has 0 aromatic rings. The minimum atomic E-state index is 0.920. The Morgan fingerprint density at radius 3 is 2.46 bits per heavy atom. The zero-order chi connectivity index (χ0) is 10.1. The van der Waals surface area contributed by atoms with Crippen molar-refractivity contribution in [1.29, 1.82) is 0 Å². The lowest BCUT2D eigenvalue weighted by atomic mass is 10.1. The molecular weight excluding hydrogens is 156 g/mol. The average Bonchev–Trinajstić information content (AvgIpc) is 2.45. The second-order valence-electron chi connectivity index (χ2n) is 2.66. The molecule has 0 aromatic heterocycles. The van der Waals surface area contributed by atoms with Gasteiger partial charge in [-0.25, -0.2) is 0 Å². The van der Waals surface area contributed by atoms with Crippen molar-refractivity contribution in [3.63, 3.8) is 0 Å². The van der Waals surface area contributed by atoms with E-state index in [9.17, 15) is 0 Å². The zero-order valence-corrected chi connectivity index (χ0v) is 9.28. The first kappa shape index (κ1) is 12.0. The summed E-state index contributed by atoms with van der Waals surface area (Å²) in [5.74, 6) is 6.27. The van der Waals surface area contributed by atoms with Crippen LogP contribution in [0.25, 0.3) is 0 Å². The highest BCUT2D eigenvalue weighted by Gasteiger charge is 1.94. The molecule has 0 heterocycles. The van der Waals surface area contributed by atoms with E-state index in [0.717, 1.165) is 19.3 Å². The van der Waals surface area contributed by atoms with E-state index >= 15 is 0 Å². The first-order chi connectivity index (χ1) is 6.36. The first-order valence-electron chi connectivity index (χ1n) is 5.25. The topological polar surface area (TPSA) is 0 Å². The molecule has 0 aromatic carbocycles. The molecule has 1 aliphatic rings. The summed E-state index contributed by atoms with van der Waals surface area (Å²) in [5.41, 5.74) is 2.69. The average molecular weight is 176 g/mol. The molecule has 13 heavy (non-hydrogen) atoms. The summed E-state index contributed by atoms with van der Waals surface area (Å²) in [6.45, 7) is 8.33. The van der Waals surface area contributed by atoms with Gasteiger partial charge >= 0.3 is 0 Å². The summed E-state index contributed by atoms with van der Waals surface area (Å²) in [5, 5.41) is 0. The number of hydrogen-bond donors (Lipinski definition) is 0. The monoisotopic (exact) mass is 176 g/mol. The molecule has 1 rings (SSSR count). The van der Waals surface area contributed by atoms with E-state index in [0.29, 0.717) is 0 Å². The molecule has 0 aliphatic heterocycles. The van der Waals surface area contributed by atoms with Crippen LogP contribution in [0.5, 0.6) is 0 Å². The van der Waals surface area contributed by atoms with Gasteiger partial charge in [-0.1, -0.05) is 51.2 Å². The van der Waals surface area contributed by atoms with Crippen LogP contribution in [0.4, 0.5) is 0 Å². The highest BCUT2D eigenvalue weighted by molar-refractivity contribution is 5.39. The van der Waals surface area contributed by atoms with Gasteiger partial charge in [-0.2, -0.15) is 0 Å². The van der Waals surface area contributed by atoms with E-state index in [1.165, 1.54) is 11.1 Å². The second-order valence-corrected chi connectivity index (χ2v) is 2.66. The fourth-order valence-electron chi connectivity index (χ4n) is 1.10. The Kier molecular flexibility index (Phi) is 7.11. The zero-order valence-electron chi connectivity index (χ0n) is 9.28. The van der Waals surface area contributed by atoms with Crippen LogP contribution in [-0.2, 0) is 0 Å². The third-order valence-corrected chi connectivity index (χ3v) is 1.86. The molecule has 0 fully saturated rings. The lowest BCUT2D eigenvalue weighted by Gasteiger charge is -1.95. The van der Waals surface area contributed by atoms with Gasteiger partial charge in [-0.3, -0.25) is 0 Å². The highest BCUT2D eigenvalue weighted by Crippen LogP contribution is 2.12. The lowest BCUT2D eigenvalue weighted by molar-refractivity contribution is 1.10. The minimum Gasteiger partial charge on any atom is -0.0941 e. The maximum Gasteiger partial charge on any atom is 0.0279 e. The van der Waals surface area contributed by atoms with Crippen LogP contribution in [-0.4, -0.2) is 0 Å². The molecule has 0 heteroatoms. The standard InChI is InChI=1S/C11H14.C2H6/c1-3-10-7-5-6-8-11(4-2)9-10;1-2/h7,9H,3-5H2,1-2H3;1-2H3. The molecule has 0 unspecified atom stereocenters. The van der Waals surface area contributed by atoms with Crippen LogP contribution < -0.4 is 0 Å². The molecule has 0 N–H and O–H groups in total. The van der Waals surface area contributed by atoms with Crippen molar-refractivity contribution < 1.29 is 0 Å². The van der Waals surface area contributed by atoms with E-state index in [1.54, 1.807) is 0 Å².